The molecule has 0 bridgehead atoms. The molecule has 0 aliphatic heterocycles. The van der Waals surface area contributed by atoms with E-state index in [1.807, 2.05) is 0 Å². The maximum Gasteiger partial charge on any atom is 0.228 e. The highest BCUT2D eigenvalue weighted by Gasteiger charge is 2.38. The number of carbonyl (C=O) groups excluding carboxylic acids is 1. The Morgan fingerprint density at radius 3 is 2.42 bits per heavy atom. The first kappa shape index (κ1) is 9.68. The molecule has 0 spiro atoms. The van der Waals surface area contributed by atoms with E-state index in [2.05, 4.69) is 0 Å². The second kappa shape index (κ2) is 4.01. The molecule has 0 heterocycles. The van der Waals surface area contributed by atoms with E-state index in [9.17, 15) is 4.79 Å². The van der Waals surface area contributed by atoms with Crippen LogP contribution in [-0.4, -0.2) is 25.8 Å². The van der Waals surface area contributed by atoms with Crippen molar-refractivity contribution in [3.63, 3.8) is 0 Å². The lowest BCUT2D eigenvalue weighted by atomic mass is 10.1. The predicted molar refractivity (Wildman–Crippen MR) is 44.8 cm³/mol. The zero-order valence-electron chi connectivity index (χ0n) is 7.76. The topological polar surface area (TPSA) is 35.5 Å². The van der Waals surface area contributed by atoms with Gasteiger partial charge in [-0.25, -0.2) is 0 Å². The van der Waals surface area contributed by atoms with Gasteiger partial charge in [-0.3, -0.25) is 4.79 Å². The van der Waals surface area contributed by atoms with Crippen LogP contribution in [0.2, 0.25) is 0 Å². The largest absolute Gasteiger partial charge is 0.347 e. The molecule has 0 saturated heterocycles. The molecule has 0 aromatic rings. The summed E-state index contributed by atoms with van der Waals surface area (Å²) in [5.41, 5.74) is 0. The minimum Gasteiger partial charge on any atom is -0.347 e. The van der Waals surface area contributed by atoms with Gasteiger partial charge < -0.3 is 9.47 Å². The van der Waals surface area contributed by atoms with Gasteiger partial charge in [0.2, 0.25) is 5.79 Å². The molecule has 0 unspecified atom stereocenters. The Labute approximate surface area is 73.0 Å². The van der Waals surface area contributed by atoms with Crippen molar-refractivity contribution in [2.24, 2.45) is 0 Å². The molecular formula is C9H16O3. The summed E-state index contributed by atoms with van der Waals surface area (Å²) in [7, 11) is 3.07. The van der Waals surface area contributed by atoms with Crippen molar-refractivity contribution < 1.29 is 14.3 Å². The first-order valence-electron chi connectivity index (χ1n) is 4.39. The maximum atomic E-state index is 11.5. The van der Waals surface area contributed by atoms with Crippen molar-refractivity contribution in [2.75, 3.05) is 14.2 Å². The molecular weight excluding hydrogens is 156 g/mol. The quantitative estimate of drug-likeness (QED) is 0.468. The maximum absolute atomic E-state index is 11.5. The highest BCUT2D eigenvalue weighted by atomic mass is 16.7. The van der Waals surface area contributed by atoms with Crippen molar-refractivity contribution in [1.29, 1.82) is 0 Å². The Balaban J connectivity index is 2.73. The molecule has 3 heteroatoms. The third kappa shape index (κ3) is 1.67. The van der Waals surface area contributed by atoms with Gasteiger partial charge in [0.1, 0.15) is 0 Å². The van der Waals surface area contributed by atoms with Crippen LogP contribution in [0.4, 0.5) is 0 Å². The highest BCUT2D eigenvalue weighted by Crippen LogP contribution is 2.27. The molecule has 1 fully saturated rings. The molecule has 0 atom stereocenters. The van der Waals surface area contributed by atoms with Crippen LogP contribution in [0.5, 0.6) is 0 Å². The second-order valence-electron chi connectivity index (χ2n) is 3.14. The summed E-state index contributed by atoms with van der Waals surface area (Å²) in [4.78, 5) is 11.5. The Hall–Kier alpha value is -0.410. The van der Waals surface area contributed by atoms with Crippen molar-refractivity contribution in [3.8, 4) is 0 Å². The third-order valence-corrected chi connectivity index (χ3v) is 2.49. The van der Waals surface area contributed by atoms with Crippen molar-refractivity contribution in [3.05, 3.63) is 0 Å². The van der Waals surface area contributed by atoms with Crippen LogP contribution in [0.25, 0.3) is 0 Å². The van der Waals surface area contributed by atoms with Gasteiger partial charge in [-0.15, -0.1) is 0 Å². The lowest BCUT2D eigenvalue weighted by molar-refractivity contribution is -0.208. The fourth-order valence-corrected chi connectivity index (χ4v) is 1.67. The number of ketones is 1. The lowest BCUT2D eigenvalue weighted by Crippen LogP contribution is -2.41. The SMILES string of the molecule is COC1(OC)CCCCCC1=O. The zero-order valence-corrected chi connectivity index (χ0v) is 7.76. The molecule has 0 N–H and O–H groups in total. The number of hydrogen-bond donors (Lipinski definition) is 0. The smallest absolute Gasteiger partial charge is 0.228 e. The molecule has 1 rings (SSSR count). The van der Waals surface area contributed by atoms with Crippen LogP contribution in [0.15, 0.2) is 0 Å². The number of Topliss-reactive ketones (excluding diaryl/α,β-unsaturated/α-hetero) is 1. The lowest BCUT2D eigenvalue weighted by Gasteiger charge is -2.27. The van der Waals surface area contributed by atoms with E-state index < -0.39 is 5.79 Å². The van der Waals surface area contributed by atoms with Gasteiger partial charge in [0.05, 0.1) is 0 Å². The van der Waals surface area contributed by atoms with E-state index in [4.69, 9.17) is 9.47 Å². The Morgan fingerprint density at radius 1 is 1.17 bits per heavy atom. The van der Waals surface area contributed by atoms with Crippen molar-refractivity contribution >= 4 is 5.78 Å². The molecule has 1 aliphatic rings. The molecule has 70 valence electrons. The first-order chi connectivity index (χ1) is 5.75. The van der Waals surface area contributed by atoms with E-state index >= 15 is 0 Å². The van der Waals surface area contributed by atoms with Crippen molar-refractivity contribution in [1.82, 2.24) is 0 Å². The Kier molecular flexibility index (Phi) is 3.23. The normalized spacial score (nSPS) is 23.7. The second-order valence-corrected chi connectivity index (χ2v) is 3.14. The number of hydrogen-bond acceptors (Lipinski definition) is 3. The number of methoxy groups -OCH3 is 2. The van der Waals surface area contributed by atoms with Gasteiger partial charge in [0.15, 0.2) is 5.78 Å². The van der Waals surface area contributed by atoms with Crippen LogP contribution >= 0.6 is 0 Å². The standard InChI is InChI=1S/C9H16O3/c1-11-9(12-2)7-5-3-4-6-8(9)10/h3-7H2,1-2H3. The molecule has 0 aromatic carbocycles. The van der Waals surface area contributed by atoms with Crippen LogP contribution in [0.3, 0.4) is 0 Å². The van der Waals surface area contributed by atoms with Gasteiger partial charge in [0.25, 0.3) is 0 Å². The summed E-state index contributed by atoms with van der Waals surface area (Å²) < 4.78 is 10.3. The van der Waals surface area contributed by atoms with Gasteiger partial charge >= 0.3 is 0 Å². The van der Waals surface area contributed by atoms with E-state index in [-0.39, 0.29) is 5.78 Å². The van der Waals surface area contributed by atoms with Crippen LogP contribution in [-0.2, 0) is 14.3 Å². The fourth-order valence-electron chi connectivity index (χ4n) is 1.67. The average molecular weight is 172 g/mol. The summed E-state index contributed by atoms with van der Waals surface area (Å²) in [5.74, 6) is -0.846. The summed E-state index contributed by atoms with van der Waals surface area (Å²) in [6.07, 6.45) is 4.35. The average Bonchev–Trinajstić information content (AvgIpc) is 2.28. The third-order valence-electron chi connectivity index (χ3n) is 2.49. The summed E-state index contributed by atoms with van der Waals surface area (Å²) in [6.45, 7) is 0. The predicted octanol–water partition coefficient (Wildman–Crippen LogP) is 1.51. The van der Waals surface area contributed by atoms with E-state index in [1.54, 1.807) is 0 Å². The Bertz CT molecular complexity index is 161. The fraction of sp³-hybridized carbons (Fsp3) is 0.889. The van der Waals surface area contributed by atoms with Crippen LogP contribution in [0, 0.1) is 0 Å². The summed E-state index contributed by atoms with van der Waals surface area (Å²) in [6, 6.07) is 0. The number of rotatable bonds is 2. The van der Waals surface area contributed by atoms with Gasteiger partial charge in [-0.05, 0) is 12.8 Å². The number of carbonyl (C=O) groups is 1. The van der Waals surface area contributed by atoms with E-state index in [0.29, 0.717) is 12.8 Å². The van der Waals surface area contributed by atoms with Gasteiger partial charge in [-0.1, -0.05) is 6.42 Å². The molecule has 0 amide bonds. The van der Waals surface area contributed by atoms with Gasteiger partial charge in [-0.2, -0.15) is 0 Å². The monoisotopic (exact) mass is 172 g/mol. The van der Waals surface area contributed by atoms with E-state index in [0.717, 1.165) is 19.3 Å². The van der Waals surface area contributed by atoms with Crippen LogP contribution < -0.4 is 0 Å². The minimum atomic E-state index is -0.934. The molecule has 1 saturated carbocycles. The van der Waals surface area contributed by atoms with E-state index in [1.165, 1.54) is 14.2 Å². The minimum absolute atomic E-state index is 0.0880. The van der Waals surface area contributed by atoms with Crippen LogP contribution in [0.1, 0.15) is 32.1 Å². The molecule has 0 radical (unpaired) electrons. The summed E-state index contributed by atoms with van der Waals surface area (Å²) in [5, 5.41) is 0. The highest BCUT2D eigenvalue weighted by molar-refractivity contribution is 5.86. The van der Waals surface area contributed by atoms with Gasteiger partial charge in [0, 0.05) is 27.1 Å². The van der Waals surface area contributed by atoms with Crippen molar-refractivity contribution in [2.45, 2.75) is 37.9 Å². The molecule has 3 nitrogen and oxygen atoms in total. The molecule has 0 aromatic heterocycles. The summed E-state index contributed by atoms with van der Waals surface area (Å²) >= 11 is 0. The molecule has 1 aliphatic carbocycles. The first-order valence-corrected chi connectivity index (χ1v) is 4.39. The Morgan fingerprint density at radius 2 is 1.83 bits per heavy atom. The molecule has 12 heavy (non-hydrogen) atoms. The number of ether oxygens (including phenoxy) is 2. The zero-order chi connectivity index (χ0) is 9.03.